The Bertz CT molecular complexity index is 509. The van der Waals surface area contributed by atoms with Gasteiger partial charge in [-0.15, -0.1) is 0 Å². The molecule has 4 nitrogen and oxygen atoms in total. The number of nitrogens with zero attached hydrogens (tertiary/aromatic N) is 4. The molecule has 0 amide bonds. The highest BCUT2D eigenvalue weighted by molar-refractivity contribution is 5.17. The lowest BCUT2D eigenvalue weighted by Gasteiger charge is -2.14. The van der Waals surface area contributed by atoms with Crippen molar-refractivity contribution in [3.05, 3.63) is 35.9 Å². The van der Waals surface area contributed by atoms with E-state index < -0.39 is 0 Å². The third kappa shape index (κ3) is 1.88. The predicted molar refractivity (Wildman–Crippen MR) is 65.9 cm³/mol. The third-order valence-electron chi connectivity index (χ3n) is 3.56. The van der Waals surface area contributed by atoms with E-state index in [1.807, 2.05) is 18.7 Å². The summed E-state index contributed by atoms with van der Waals surface area (Å²) in [6.45, 7) is 3.98. The first kappa shape index (κ1) is 10.6. The molecular formula is C13H18N4. The Kier molecular flexibility index (Phi) is 2.71. The van der Waals surface area contributed by atoms with Gasteiger partial charge in [-0.05, 0) is 32.6 Å². The van der Waals surface area contributed by atoms with Gasteiger partial charge in [0.25, 0.3) is 0 Å². The number of imidazole rings is 2. The lowest BCUT2D eigenvalue weighted by molar-refractivity contribution is 0.600. The van der Waals surface area contributed by atoms with Gasteiger partial charge in [-0.2, -0.15) is 0 Å². The van der Waals surface area contributed by atoms with Crippen molar-refractivity contribution in [3.8, 4) is 0 Å². The molecule has 0 N–H and O–H groups in total. The second kappa shape index (κ2) is 4.35. The highest BCUT2D eigenvalue weighted by Crippen LogP contribution is 2.20. The Hall–Kier alpha value is -1.58. The number of aryl methyl sites for hydroxylation is 2. The van der Waals surface area contributed by atoms with E-state index in [9.17, 15) is 0 Å². The molecule has 2 aromatic rings. The summed E-state index contributed by atoms with van der Waals surface area (Å²) in [6.07, 6.45) is 10.8. The molecule has 0 radical (unpaired) electrons. The van der Waals surface area contributed by atoms with Crippen LogP contribution in [0.2, 0.25) is 0 Å². The van der Waals surface area contributed by atoms with E-state index in [2.05, 4.69) is 26.0 Å². The third-order valence-corrected chi connectivity index (χ3v) is 3.56. The largest absolute Gasteiger partial charge is 0.334 e. The van der Waals surface area contributed by atoms with Crippen molar-refractivity contribution in [1.82, 2.24) is 19.1 Å². The van der Waals surface area contributed by atoms with Gasteiger partial charge in [0.05, 0.1) is 18.6 Å². The first-order valence-corrected chi connectivity index (χ1v) is 6.41. The molecule has 1 aliphatic rings. The molecule has 0 saturated carbocycles. The normalized spacial score (nSPS) is 14.9. The molecule has 1 aliphatic carbocycles. The maximum atomic E-state index is 4.52. The van der Waals surface area contributed by atoms with Gasteiger partial charge in [-0.25, -0.2) is 9.97 Å². The van der Waals surface area contributed by atoms with E-state index in [0.29, 0.717) is 0 Å². The molecule has 17 heavy (non-hydrogen) atoms. The molecule has 4 heteroatoms. The Labute approximate surface area is 101 Å². The van der Waals surface area contributed by atoms with Crippen LogP contribution < -0.4 is 0 Å². The second-order valence-electron chi connectivity index (χ2n) is 4.60. The van der Waals surface area contributed by atoms with Gasteiger partial charge in [-0.3, -0.25) is 0 Å². The van der Waals surface area contributed by atoms with Crippen molar-refractivity contribution in [2.24, 2.45) is 0 Å². The Morgan fingerprint density at radius 2 is 2.06 bits per heavy atom. The molecule has 0 unspecified atom stereocenters. The van der Waals surface area contributed by atoms with Crippen LogP contribution in [0.3, 0.4) is 0 Å². The molecule has 90 valence electrons. The molecule has 3 rings (SSSR count). The van der Waals surface area contributed by atoms with Crippen molar-refractivity contribution < 1.29 is 0 Å². The fraction of sp³-hybridized carbons (Fsp3) is 0.538. The van der Waals surface area contributed by atoms with Crippen LogP contribution in [0.1, 0.15) is 37.0 Å². The fourth-order valence-electron chi connectivity index (χ4n) is 2.60. The number of aromatic nitrogens is 4. The van der Waals surface area contributed by atoms with Crippen molar-refractivity contribution >= 4 is 0 Å². The van der Waals surface area contributed by atoms with E-state index >= 15 is 0 Å². The van der Waals surface area contributed by atoms with Crippen LogP contribution in [-0.4, -0.2) is 19.1 Å². The average molecular weight is 230 g/mol. The molecule has 0 aromatic carbocycles. The first-order chi connectivity index (χ1) is 8.38. The van der Waals surface area contributed by atoms with Gasteiger partial charge in [-0.1, -0.05) is 0 Å². The van der Waals surface area contributed by atoms with E-state index in [1.54, 1.807) is 0 Å². The quantitative estimate of drug-likeness (QED) is 0.808. The minimum absolute atomic E-state index is 0.850. The average Bonchev–Trinajstić information content (AvgIpc) is 2.97. The first-order valence-electron chi connectivity index (χ1n) is 6.41. The summed E-state index contributed by atoms with van der Waals surface area (Å²) in [4.78, 5) is 8.94. The van der Waals surface area contributed by atoms with E-state index in [0.717, 1.165) is 25.3 Å². The van der Waals surface area contributed by atoms with Gasteiger partial charge >= 0.3 is 0 Å². The second-order valence-corrected chi connectivity index (χ2v) is 4.60. The molecule has 0 aliphatic heterocycles. The lowest BCUT2D eigenvalue weighted by atomic mass is 10.0. The van der Waals surface area contributed by atoms with Gasteiger partial charge in [0.1, 0.15) is 5.82 Å². The van der Waals surface area contributed by atoms with Crippen LogP contribution >= 0.6 is 0 Å². The van der Waals surface area contributed by atoms with Crippen LogP contribution in [0, 0.1) is 0 Å². The fourth-order valence-corrected chi connectivity index (χ4v) is 2.60. The van der Waals surface area contributed by atoms with Gasteiger partial charge < -0.3 is 9.13 Å². The van der Waals surface area contributed by atoms with Crippen LogP contribution in [0.15, 0.2) is 18.7 Å². The molecule has 0 fully saturated rings. The van der Waals surface area contributed by atoms with Crippen molar-refractivity contribution in [1.29, 1.82) is 0 Å². The van der Waals surface area contributed by atoms with E-state index in [-0.39, 0.29) is 0 Å². The summed E-state index contributed by atoms with van der Waals surface area (Å²) in [6, 6.07) is 0. The summed E-state index contributed by atoms with van der Waals surface area (Å²) < 4.78 is 4.46. The summed E-state index contributed by atoms with van der Waals surface area (Å²) in [5.41, 5.74) is 2.72. The van der Waals surface area contributed by atoms with Crippen LogP contribution in [0.5, 0.6) is 0 Å². The number of hydrogen-bond acceptors (Lipinski definition) is 2. The highest BCUT2D eigenvalue weighted by atomic mass is 15.1. The van der Waals surface area contributed by atoms with Gasteiger partial charge in [0.15, 0.2) is 0 Å². The standard InChI is InChI=1S/C13H18N4/c1-2-16-8-7-14-13(16)9-17-10-15-11-5-3-4-6-12(11)17/h7-8,10H,2-6,9H2,1H3. The number of rotatable bonds is 3. The highest BCUT2D eigenvalue weighted by Gasteiger charge is 2.15. The summed E-state index contributed by atoms with van der Waals surface area (Å²) in [5.74, 6) is 1.12. The molecule has 2 aromatic heterocycles. The smallest absolute Gasteiger partial charge is 0.128 e. The van der Waals surface area contributed by atoms with Gasteiger partial charge in [0, 0.05) is 24.6 Å². The van der Waals surface area contributed by atoms with Crippen LogP contribution in [0.4, 0.5) is 0 Å². The Morgan fingerprint density at radius 1 is 1.18 bits per heavy atom. The lowest BCUT2D eigenvalue weighted by Crippen LogP contribution is -2.12. The Morgan fingerprint density at radius 3 is 2.94 bits per heavy atom. The molecular weight excluding hydrogens is 212 g/mol. The van der Waals surface area contributed by atoms with E-state index in [4.69, 9.17) is 0 Å². The summed E-state index contributed by atoms with van der Waals surface area (Å²) >= 11 is 0. The van der Waals surface area contributed by atoms with Crippen molar-refractivity contribution in [2.75, 3.05) is 0 Å². The summed E-state index contributed by atoms with van der Waals surface area (Å²) in [5, 5.41) is 0. The zero-order chi connectivity index (χ0) is 11.7. The van der Waals surface area contributed by atoms with Gasteiger partial charge in [0.2, 0.25) is 0 Å². The predicted octanol–water partition coefficient (Wildman–Crippen LogP) is 2.03. The molecule has 0 spiro atoms. The SMILES string of the molecule is CCn1ccnc1Cn1cnc2c1CCCC2. The van der Waals surface area contributed by atoms with Crippen molar-refractivity contribution in [3.63, 3.8) is 0 Å². The van der Waals surface area contributed by atoms with E-state index in [1.165, 1.54) is 30.7 Å². The number of hydrogen-bond donors (Lipinski definition) is 0. The van der Waals surface area contributed by atoms with Crippen molar-refractivity contribution in [2.45, 2.75) is 45.7 Å². The zero-order valence-corrected chi connectivity index (χ0v) is 10.3. The minimum Gasteiger partial charge on any atom is -0.334 e. The monoisotopic (exact) mass is 230 g/mol. The van der Waals surface area contributed by atoms with Crippen LogP contribution in [0.25, 0.3) is 0 Å². The molecule has 2 heterocycles. The minimum atomic E-state index is 0.850. The summed E-state index contributed by atoms with van der Waals surface area (Å²) in [7, 11) is 0. The maximum Gasteiger partial charge on any atom is 0.128 e. The number of fused-ring (bicyclic) bond motifs is 1. The Balaban J connectivity index is 1.88. The maximum absolute atomic E-state index is 4.52. The molecule has 0 saturated heterocycles. The topological polar surface area (TPSA) is 35.6 Å². The van der Waals surface area contributed by atoms with Crippen LogP contribution in [-0.2, 0) is 25.9 Å². The zero-order valence-electron chi connectivity index (χ0n) is 10.3. The molecule has 0 bridgehead atoms. The molecule has 0 atom stereocenters.